The number of aromatic nitrogens is 3. The Bertz CT molecular complexity index is 557. The maximum absolute atomic E-state index is 5.84. The van der Waals surface area contributed by atoms with Crippen molar-refractivity contribution in [1.29, 1.82) is 0 Å². The van der Waals surface area contributed by atoms with Crippen molar-refractivity contribution in [2.45, 2.75) is 13.3 Å². The summed E-state index contributed by atoms with van der Waals surface area (Å²) in [4.78, 5) is 12.9. The van der Waals surface area contributed by atoms with Crippen LogP contribution >= 0.6 is 31.9 Å². The first kappa shape index (κ1) is 12.4. The van der Waals surface area contributed by atoms with Gasteiger partial charge in [-0.1, -0.05) is 6.92 Å². The van der Waals surface area contributed by atoms with Gasteiger partial charge in [-0.05, 0) is 50.4 Å². The third-order valence-electron chi connectivity index (χ3n) is 2.25. The molecule has 0 fully saturated rings. The molecule has 2 rings (SSSR count). The van der Waals surface area contributed by atoms with Crippen LogP contribution in [0.15, 0.2) is 27.3 Å². The molecule has 2 N–H and O–H groups in total. The number of aryl methyl sites for hydroxylation is 1. The van der Waals surface area contributed by atoms with Crippen LogP contribution in [0.2, 0.25) is 0 Å². The Labute approximate surface area is 116 Å². The number of anilines is 1. The van der Waals surface area contributed by atoms with Crippen molar-refractivity contribution in [3.8, 4) is 11.5 Å². The third-order valence-corrected chi connectivity index (χ3v) is 3.75. The standard InChI is InChI=1S/C11H10Br2N4/c1-2-7-8(13)10(14)17-11(16-7)9-6(12)4-3-5-15-9/h3-5H,2H2,1H3,(H2,14,16,17). The molecule has 0 aliphatic heterocycles. The predicted molar refractivity (Wildman–Crippen MR) is 74.5 cm³/mol. The fraction of sp³-hybridized carbons (Fsp3) is 0.182. The Morgan fingerprint density at radius 1 is 1.29 bits per heavy atom. The van der Waals surface area contributed by atoms with E-state index in [0.717, 1.165) is 21.1 Å². The highest BCUT2D eigenvalue weighted by atomic mass is 79.9. The summed E-state index contributed by atoms with van der Waals surface area (Å²) in [6, 6.07) is 3.74. The molecule has 0 aliphatic carbocycles. The highest BCUT2D eigenvalue weighted by Crippen LogP contribution is 2.27. The van der Waals surface area contributed by atoms with E-state index < -0.39 is 0 Å². The molecule has 0 atom stereocenters. The quantitative estimate of drug-likeness (QED) is 0.896. The Morgan fingerprint density at radius 2 is 2.06 bits per heavy atom. The lowest BCUT2D eigenvalue weighted by Crippen LogP contribution is -2.03. The molecule has 0 saturated carbocycles. The van der Waals surface area contributed by atoms with Gasteiger partial charge in [0.15, 0.2) is 5.82 Å². The average molecular weight is 358 g/mol. The molecule has 0 saturated heterocycles. The van der Waals surface area contributed by atoms with Gasteiger partial charge in [-0.25, -0.2) is 9.97 Å². The van der Waals surface area contributed by atoms with E-state index in [9.17, 15) is 0 Å². The first-order valence-corrected chi connectivity index (χ1v) is 6.64. The third kappa shape index (κ3) is 2.47. The summed E-state index contributed by atoms with van der Waals surface area (Å²) in [5.74, 6) is 0.972. The van der Waals surface area contributed by atoms with Crippen LogP contribution in [0.3, 0.4) is 0 Å². The smallest absolute Gasteiger partial charge is 0.181 e. The van der Waals surface area contributed by atoms with Crippen LogP contribution in [-0.2, 0) is 6.42 Å². The zero-order valence-corrected chi connectivity index (χ0v) is 12.3. The molecular weight excluding hydrogens is 348 g/mol. The van der Waals surface area contributed by atoms with Crippen molar-refractivity contribution in [1.82, 2.24) is 15.0 Å². The second kappa shape index (κ2) is 5.10. The number of hydrogen-bond acceptors (Lipinski definition) is 4. The van der Waals surface area contributed by atoms with Gasteiger partial charge >= 0.3 is 0 Å². The second-order valence-electron chi connectivity index (χ2n) is 3.38. The highest BCUT2D eigenvalue weighted by Gasteiger charge is 2.12. The molecule has 2 aromatic rings. The zero-order chi connectivity index (χ0) is 12.4. The van der Waals surface area contributed by atoms with E-state index in [2.05, 4.69) is 46.8 Å². The number of nitrogens with two attached hydrogens (primary N) is 1. The molecule has 2 aromatic heterocycles. The van der Waals surface area contributed by atoms with E-state index in [0.29, 0.717) is 17.3 Å². The van der Waals surface area contributed by atoms with Crippen molar-refractivity contribution in [2.24, 2.45) is 0 Å². The summed E-state index contributed by atoms with van der Waals surface area (Å²) in [6.45, 7) is 2.02. The minimum atomic E-state index is 0.435. The van der Waals surface area contributed by atoms with Gasteiger partial charge in [0.05, 0.1) is 10.2 Å². The first-order chi connectivity index (χ1) is 8.13. The summed E-state index contributed by atoms with van der Waals surface area (Å²) < 4.78 is 1.61. The number of rotatable bonds is 2. The van der Waals surface area contributed by atoms with Gasteiger partial charge in [-0.15, -0.1) is 0 Å². The largest absolute Gasteiger partial charge is 0.383 e. The van der Waals surface area contributed by atoms with Gasteiger partial charge < -0.3 is 5.73 Å². The van der Waals surface area contributed by atoms with Crippen LogP contribution in [0.1, 0.15) is 12.6 Å². The SMILES string of the molecule is CCc1nc(-c2ncccc2Br)nc(N)c1Br. The lowest BCUT2D eigenvalue weighted by molar-refractivity contribution is 0.988. The first-order valence-electron chi connectivity index (χ1n) is 5.06. The number of halogens is 2. The second-order valence-corrected chi connectivity index (χ2v) is 5.03. The molecule has 6 heteroatoms. The summed E-state index contributed by atoms with van der Waals surface area (Å²) in [6.07, 6.45) is 2.48. The number of pyridine rings is 1. The van der Waals surface area contributed by atoms with Crippen LogP contribution in [0.4, 0.5) is 5.82 Å². The van der Waals surface area contributed by atoms with E-state index in [1.807, 2.05) is 19.1 Å². The minimum Gasteiger partial charge on any atom is -0.383 e. The molecule has 0 spiro atoms. The Morgan fingerprint density at radius 3 is 2.71 bits per heavy atom. The molecule has 0 aliphatic rings. The highest BCUT2D eigenvalue weighted by molar-refractivity contribution is 9.11. The fourth-order valence-corrected chi connectivity index (χ4v) is 2.29. The summed E-state index contributed by atoms with van der Waals surface area (Å²) >= 11 is 6.81. The van der Waals surface area contributed by atoms with Gasteiger partial charge in [0, 0.05) is 10.7 Å². The molecule has 0 radical (unpaired) electrons. The van der Waals surface area contributed by atoms with Gasteiger partial charge in [0.1, 0.15) is 11.5 Å². The summed E-state index contributed by atoms with van der Waals surface area (Å²) in [5, 5.41) is 0. The van der Waals surface area contributed by atoms with E-state index in [-0.39, 0.29) is 0 Å². The van der Waals surface area contributed by atoms with Crippen molar-refractivity contribution in [2.75, 3.05) is 5.73 Å². The van der Waals surface area contributed by atoms with Crippen LogP contribution in [0, 0.1) is 0 Å². The lowest BCUT2D eigenvalue weighted by Gasteiger charge is -2.07. The van der Waals surface area contributed by atoms with Gasteiger partial charge in [0.25, 0.3) is 0 Å². The fourth-order valence-electron chi connectivity index (χ4n) is 1.40. The molecule has 0 unspecified atom stereocenters. The van der Waals surface area contributed by atoms with Crippen LogP contribution in [-0.4, -0.2) is 15.0 Å². The minimum absolute atomic E-state index is 0.435. The number of hydrogen-bond donors (Lipinski definition) is 1. The van der Waals surface area contributed by atoms with Crippen molar-refractivity contribution < 1.29 is 0 Å². The van der Waals surface area contributed by atoms with Crippen LogP contribution in [0.5, 0.6) is 0 Å². The maximum Gasteiger partial charge on any atom is 0.181 e. The summed E-state index contributed by atoms with van der Waals surface area (Å²) in [7, 11) is 0. The van der Waals surface area contributed by atoms with E-state index in [1.54, 1.807) is 6.20 Å². The van der Waals surface area contributed by atoms with Crippen LogP contribution in [0.25, 0.3) is 11.5 Å². The molecule has 88 valence electrons. The normalized spacial score (nSPS) is 10.5. The van der Waals surface area contributed by atoms with E-state index in [4.69, 9.17) is 5.73 Å². The lowest BCUT2D eigenvalue weighted by atomic mass is 10.3. The maximum atomic E-state index is 5.84. The molecule has 0 aromatic carbocycles. The van der Waals surface area contributed by atoms with E-state index >= 15 is 0 Å². The average Bonchev–Trinajstić information content (AvgIpc) is 2.33. The Hall–Kier alpha value is -1.01. The monoisotopic (exact) mass is 356 g/mol. The molecular formula is C11H10Br2N4. The molecule has 17 heavy (non-hydrogen) atoms. The molecule has 2 heterocycles. The zero-order valence-electron chi connectivity index (χ0n) is 9.11. The Balaban J connectivity index is 2.61. The number of nitrogen functional groups attached to an aromatic ring is 1. The predicted octanol–water partition coefficient (Wildman–Crippen LogP) is 3.21. The van der Waals surface area contributed by atoms with Crippen molar-refractivity contribution in [3.63, 3.8) is 0 Å². The van der Waals surface area contributed by atoms with Crippen LogP contribution < -0.4 is 5.73 Å². The molecule has 4 nitrogen and oxygen atoms in total. The summed E-state index contributed by atoms with van der Waals surface area (Å²) in [5.41, 5.74) is 7.42. The number of nitrogens with zero attached hydrogens (tertiary/aromatic N) is 3. The topological polar surface area (TPSA) is 64.7 Å². The van der Waals surface area contributed by atoms with Gasteiger partial charge in [0.2, 0.25) is 0 Å². The van der Waals surface area contributed by atoms with E-state index in [1.165, 1.54) is 0 Å². The molecule has 0 bridgehead atoms. The van der Waals surface area contributed by atoms with Gasteiger partial charge in [-0.3, -0.25) is 4.98 Å². The Kier molecular flexibility index (Phi) is 3.73. The van der Waals surface area contributed by atoms with Crippen molar-refractivity contribution >= 4 is 37.7 Å². The van der Waals surface area contributed by atoms with Crippen molar-refractivity contribution in [3.05, 3.63) is 33.0 Å². The van der Waals surface area contributed by atoms with Gasteiger partial charge in [-0.2, -0.15) is 0 Å². The molecule has 0 amide bonds.